The summed E-state index contributed by atoms with van der Waals surface area (Å²) in [5.41, 5.74) is 3.72. The van der Waals surface area contributed by atoms with Gasteiger partial charge in [0, 0.05) is 17.3 Å². The topological polar surface area (TPSA) is 128 Å². The zero-order valence-electron chi connectivity index (χ0n) is 19.1. The zero-order chi connectivity index (χ0) is 25.6. The highest BCUT2D eigenvalue weighted by atomic mass is 32.2. The molecule has 0 unspecified atom stereocenters. The first-order chi connectivity index (χ1) is 18.1. The fraction of sp³-hybridized carbons (Fsp3) is 0. The van der Waals surface area contributed by atoms with Gasteiger partial charge in [-0.15, -0.1) is 10.2 Å². The first kappa shape index (κ1) is 23.7. The van der Waals surface area contributed by atoms with Crippen molar-refractivity contribution in [2.75, 3.05) is 0 Å². The van der Waals surface area contributed by atoms with Crippen LogP contribution in [-0.2, 0) is 0 Å². The number of hydrogen-bond acceptors (Lipinski definition) is 8. The average molecular weight is 511 g/mol. The highest BCUT2D eigenvalue weighted by Crippen LogP contribution is 2.33. The molecule has 10 nitrogen and oxygen atoms in total. The second-order valence-electron chi connectivity index (χ2n) is 7.58. The predicted molar refractivity (Wildman–Crippen MR) is 138 cm³/mol. The Morgan fingerprint density at radius 1 is 0.946 bits per heavy atom. The molecule has 0 fully saturated rings. The number of hydrogen-bond donors (Lipinski definition) is 1. The van der Waals surface area contributed by atoms with Crippen molar-refractivity contribution in [1.82, 2.24) is 20.2 Å². The molecule has 2 aromatic heterocycles. The Labute approximate surface area is 214 Å². The van der Waals surface area contributed by atoms with Gasteiger partial charge in [-0.25, -0.2) is 5.43 Å². The number of para-hydroxylation sites is 2. The molecule has 0 bridgehead atoms. The van der Waals surface area contributed by atoms with Gasteiger partial charge in [-0.2, -0.15) is 5.10 Å². The van der Waals surface area contributed by atoms with Gasteiger partial charge in [-0.1, -0.05) is 60.7 Å². The minimum atomic E-state index is -0.700. The van der Waals surface area contributed by atoms with Gasteiger partial charge >= 0.3 is 0 Å². The van der Waals surface area contributed by atoms with E-state index in [1.165, 1.54) is 36.2 Å². The molecular weight excluding hydrogens is 492 g/mol. The first-order valence-electron chi connectivity index (χ1n) is 11.0. The standard InChI is InChI=1S/C26H18N6O4S/c33-25(21-13-7-8-14-22(21)32(34)35)29-27-17-20-15-16-23(36-20)37-26-30-28-24(18-9-3-1-4-10-18)31(26)19-11-5-2-6-12-19/h1-17H,(H,29,33)/b27-17+. The number of carbonyl (C=O) groups is 1. The summed E-state index contributed by atoms with van der Waals surface area (Å²) < 4.78 is 7.76. The predicted octanol–water partition coefficient (Wildman–Crippen LogP) is 5.35. The van der Waals surface area contributed by atoms with E-state index in [2.05, 4.69) is 20.7 Å². The number of nitrogens with zero attached hydrogens (tertiary/aromatic N) is 5. The van der Waals surface area contributed by atoms with Crippen molar-refractivity contribution in [2.45, 2.75) is 10.2 Å². The number of carbonyl (C=O) groups excluding carboxylic acids is 1. The zero-order valence-corrected chi connectivity index (χ0v) is 19.9. The summed E-state index contributed by atoms with van der Waals surface area (Å²) in [5.74, 6) is 0.369. The summed E-state index contributed by atoms with van der Waals surface area (Å²) >= 11 is 1.29. The number of nitro groups is 1. The van der Waals surface area contributed by atoms with Crippen LogP contribution < -0.4 is 5.43 Å². The maximum atomic E-state index is 12.3. The van der Waals surface area contributed by atoms with E-state index < -0.39 is 10.8 Å². The molecule has 5 aromatic rings. The maximum absolute atomic E-state index is 12.3. The number of nitrogens with one attached hydrogen (secondary N) is 1. The van der Waals surface area contributed by atoms with Gasteiger partial charge in [0.15, 0.2) is 10.9 Å². The Bertz CT molecular complexity index is 1580. The van der Waals surface area contributed by atoms with E-state index in [1.807, 2.05) is 65.2 Å². The molecule has 11 heteroatoms. The molecule has 0 spiro atoms. The largest absolute Gasteiger partial charge is 0.448 e. The van der Waals surface area contributed by atoms with Crippen LogP contribution in [0.25, 0.3) is 17.1 Å². The molecule has 37 heavy (non-hydrogen) atoms. The van der Waals surface area contributed by atoms with Crippen LogP contribution in [0.5, 0.6) is 0 Å². The van der Waals surface area contributed by atoms with Crippen LogP contribution in [0.4, 0.5) is 5.69 Å². The number of furan rings is 1. The molecular formula is C26H18N6O4S. The van der Waals surface area contributed by atoms with Crippen LogP contribution in [0.1, 0.15) is 16.1 Å². The molecule has 0 radical (unpaired) electrons. The van der Waals surface area contributed by atoms with E-state index in [0.29, 0.717) is 21.8 Å². The second-order valence-corrected chi connectivity index (χ2v) is 8.55. The number of hydrazone groups is 1. The van der Waals surface area contributed by atoms with Crippen molar-refractivity contribution in [3.05, 3.63) is 118 Å². The average Bonchev–Trinajstić information content (AvgIpc) is 3.56. The smallest absolute Gasteiger partial charge is 0.282 e. The minimum absolute atomic E-state index is 0.0881. The summed E-state index contributed by atoms with van der Waals surface area (Å²) in [6, 6.07) is 28.6. The SMILES string of the molecule is O=C(N/N=C/c1ccc(Sc2nnc(-c3ccccc3)n2-c2ccccc2)o1)c1ccccc1[N+](=O)[O-]. The molecule has 0 atom stereocenters. The fourth-order valence-electron chi connectivity index (χ4n) is 3.51. The van der Waals surface area contributed by atoms with E-state index in [-0.39, 0.29) is 11.3 Å². The molecule has 2 heterocycles. The molecule has 0 saturated heterocycles. The lowest BCUT2D eigenvalue weighted by Crippen LogP contribution is -2.18. The number of rotatable bonds is 8. The van der Waals surface area contributed by atoms with Crippen LogP contribution in [0, 0.1) is 10.1 Å². The normalized spacial score (nSPS) is 11.0. The third kappa shape index (κ3) is 5.31. The Kier molecular flexibility index (Phi) is 6.86. The van der Waals surface area contributed by atoms with Gasteiger partial charge in [0.2, 0.25) is 5.16 Å². The van der Waals surface area contributed by atoms with Crippen LogP contribution >= 0.6 is 11.8 Å². The summed E-state index contributed by atoms with van der Waals surface area (Å²) in [6.45, 7) is 0. The van der Waals surface area contributed by atoms with Crippen molar-refractivity contribution >= 4 is 29.6 Å². The number of nitro benzene ring substituents is 1. The Balaban J connectivity index is 1.34. The summed E-state index contributed by atoms with van der Waals surface area (Å²) in [7, 11) is 0. The second kappa shape index (κ2) is 10.7. The van der Waals surface area contributed by atoms with Gasteiger partial charge < -0.3 is 4.42 Å². The third-order valence-electron chi connectivity index (χ3n) is 5.18. The highest BCUT2D eigenvalue weighted by molar-refractivity contribution is 7.99. The lowest BCUT2D eigenvalue weighted by molar-refractivity contribution is -0.385. The summed E-state index contributed by atoms with van der Waals surface area (Å²) in [6.07, 6.45) is 1.31. The first-order valence-corrected chi connectivity index (χ1v) is 11.8. The highest BCUT2D eigenvalue weighted by Gasteiger charge is 2.19. The van der Waals surface area contributed by atoms with Gasteiger partial charge in [0.1, 0.15) is 11.3 Å². The molecule has 0 aliphatic heterocycles. The van der Waals surface area contributed by atoms with Crippen LogP contribution in [-0.4, -0.2) is 31.8 Å². The monoisotopic (exact) mass is 510 g/mol. The fourth-order valence-corrected chi connectivity index (χ4v) is 4.33. The molecule has 0 aliphatic rings. The molecule has 1 amide bonds. The van der Waals surface area contributed by atoms with E-state index in [4.69, 9.17) is 4.42 Å². The van der Waals surface area contributed by atoms with Gasteiger partial charge in [0.25, 0.3) is 11.6 Å². The van der Waals surface area contributed by atoms with E-state index >= 15 is 0 Å². The lowest BCUT2D eigenvalue weighted by atomic mass is 10.2. The number of benzene rings is 3. The van der Waals surface area contributed by atoms with Crippen LogP contribution in [0.3, 0.4) is 0 Å². The van der Waals surface area contributed by atoms with E-state index in [0.717, 1.165) is 11.3 Å². The molecule has 5 rings (SSSR count). The molecule has 182 valence electrons. The number of amides is 1. The van der Waals surface area contributed by atoms with Crippen molar-refractivity contribution < 1.29 is 14.1 Å². The summed E-state index contributed by atoms with van der Waals surface area (Å²) in [5, 5.41) is 24.9. The Morgan fingerprint density at radius 2 is 1.65 bits per heavy atom. The summed E-state index contributed by atoms with van der Waals surface area (Å²) in [4.78, 5) is 22.8. The quantitative estimate of drug-likeness (QED) is 0.169. The minimum Gasteiger partial charge on any atom is -0.448 e. The van der Waals surface area contributed by atoms with Crippen molar-refractivity contribution in [2.24, 2.45) is 5.10 Å². The van der Waals surface area contributed by atoms with E-state index in [9.17, 15) is 14.9 Å². The van der Waals surface area contributed by atoms with Crippen LogP contribution in [0.15, 0.2) is 117 Å². The number of aromatic nitrogens is 3. The molecule has 0 aliphatic carbocycles. The molecule has 1 N–H and O–H groups in total. The van der Waals surface area contributed by atoms with Crippen molar-refractivity contribution in [1.29, 1.82) is 0 Å². The van der Waals surface area contributed by atoms with Gasteiger partial charge in [-0.05, 0) is 42.1 Å². The third-order valence-corrected chi connectivity index (χ3v) is 6.04. The van der Waals surface area contributed by atoms with Crippen molar-refractivity contribution in [3.63, 3.8) is 0 Å². The molecule has 3 aromatic carbocycles. The Morgan fingerprint density at radius 3 is 2.41 bits per heavy atom. The van der Waals surface area contributed by atoms with E-state index in [1.54, 1.807) is 18.2 Å². The maximum Gasteiger partial charge on any atom is 0.282 e. The lowest BCUT2D eigenvalue weighted by Gasteiger charge is -2.09. The van der Waals surface area contributed by atoms with Crippen molar-refractivity contribution in [3.8, 4) is 17.1 Å². The van der Waals surface area contributed by atoms with Gasteiger partial charge in [-0.3, -0.25) is 19.5 Å². The Hall–Kier alpha value is -5.03. The van der Waals surface area contributed by atoms with Gasteiger partial charge in [0.05, 0.1) is 11.1 Å². The molecule has 0 saturated carbocycles. The van der Waals surface area contributed by atoms with Crippen LogP contribution in [0.2, 0.25) is 0 Å².